The molecule has 0 aliphatic heterocycles. The maximum Gasteiger partial charge on any atom is 0.139 e. The number of hydrogen-bond donors (Lipinski definition) is 1. The third-order valence-electron chi connectivity index (χ3n) is 3.79. The normalized spacial score (nSPS) is 14.3. The van der Waals surface area contributed by atoms with Gasteiger partial charge in [-0.15, -0.1) is 0 Å². The molecular weight excluding hydrogens is 260 g/mol. The van der Waals surface area contributed by atoms with E-state index in [1.54, 1.807) is 7.11 Å². The molecule has 1 aliphatic carbocycles. The largest absolute Gasteiger partial charge is 0.495 e. The van der Waals surface area contributed by atoms with Crippen molar-refractivity contribution in [2.45, 2.75) is 25.7 Å². The van der Waals surface area contributed by atoms with E-state index in [-0.39, 0.29) is 0 Å². The number of aryl methyl sites for hydroxylation is 1. The molecule has 1 aromatic carbocycles. The van der Waals surface area contributed by atoms with Crippen molar-refractivity contribution in [3.05, 3.63) is 28.4 Å². The fourth-order valence-corrected chi connectivity index (χ4v) is 3.11. The summed E-state index contributed by atoms with van der Waals surface area (Å²) in [4.78, 5) is 4.80. The van der Waals surface area contributed by atoms with E-state index >= 15 is 0 Å². The Bertz CT molecular complexity index is 640. The molecular formula is C15H17ClN2O. The second-order valence-electron chi connectivity index (χ2n) is 4.87. The minimum Gasteiger partial charge on any atom is -0.495 e. The van der Waals surface area contributed by atoms with Gasteiger partial charge < -0.3 is 10.1 Å². The fourth-order valence-electron chi connectivity index (χ4n) is 2.87. The van der Waals surface area contributed by atoms with Gasteiger partial charge in [-0.25, -0.2) is 0 Å². The van der Waals surface area contributed by atoms with Crippen molar-refractivity contribution in [1.82, 2.24) is 4.98 Å². The van der Waals surface area contributed by atoms with Crippen LogP contribution in [0.15, 0.2) is 12.1 Å². The van der Waals surface area contributed by atoms with Crippen LogP contribution in [-0.2, 0) is 12.8 Å². The van der Waals surface area contributed by atoms with Crippen molar-refractivity contribution >= 4 is 28.2 Å². The predicted molar refractivity (Wildman–Crippen MR) is 79.5 cm³/mol. The Labute approximate surface area is 117 Å². The minimum absolute atomic E-state index is 0.629. The quantitative estimate of drug-likeness (QED) is 0.905. The standard InChI is InChI=1S/C15H17ClN2O/c1-17-15-9-5-3-4-6-12(9)18-13-8-14(19-2)11(16)7-10(13)15/h7-8H,3-6H2,1-2H3,(H,17,18). The number of fused-ring (bicyclic) bond motifs is 2. The van der Waals surface area contributed by atoms with Crippen LogP contribution in [0, 0.1) is 0 Å². The van der Waals surface area contributed by atoms with E-state index in [2.05, 4.69) is 5.32 Å². The molecule has 100 valence electrons. The number of methoxy groups -OCH3 is 1. The molecule has 0 atom stereocenters. The van der Waals surface area contributed by atoms with Crippen molar-refractivity contribution in [2.24, 2.45) is 0 Å². The Morgan fingerprint density at radius 2 is 2.05 bits per heavy atom. The number of nitrogens with zero attached hydrogens (tertiary/aromatic N) is 1. The number of nitrogens with one attached hydrogen (secondary N) is 1. The molecule has 3 rings (SSSR count). The lowest BCUT2D eigenvalue weighted by Gasteiger charge is -2.21. The molecule has 0 amide bonds. The molecule has 0 bridgehead atoms. The highest BCUT2D eigenvalue weighted by atomic mass is 35.5. The van der Waals surface area contributed by atoms with E-state index in [0.29, 0.717) is 10.8 Å². The summed E-state index contributed by atoms with van der Waals surface area (Å²) in [6, 6.07) is 3.87. The topological polar surface area (TPSA) is 34.2 Å². The number of rotatable bonds is 2. The van der Waals surface area contributed by atoms with Crippen LogP contribution in [-0.4, -0.2) is 19.1 Å². The highest BCUT2D eigenvalue weighted by Crippen LogP contribution is 2.37. The first-order valence-electron chi connectivity index (χ1n) is 6.61. The molecule has 1 aliphatic rings. The van der Waals surface area contributed by atoms with Crippen molar-refractivity contribution in [3.63, 3.8) is 0 Å². The molecule has 2 aromatic rings. The molecule has 0 saturated carbocycles. The number of benzene rings is 1. The third-order valence-corrected chi connectivity index (χ3v) is 4.08. The summed E-state index contributed by atoms with van der Waals surface area (Å²) >= 11 is 6.23. The summed E-state index contributed by atoms with van der Waals surface area (Å²) in [6.45, 7) is 0. The van der Waals surface area contributed by atoms with E-state index < -0.39 is 0 Å². The molecule has 0 unspecified atom stereocenters. The molecule has 0 radical (unpaired) electrons. The Morgan fingerprint density at radius 1 is 1.26 bits per heavy atom. The Hall–Kier alpha value is -1.48. The van der Waals surface area contributed by atoms with Gasteiger partial charge >= 0.3 is 0 Å². The van der Waals surface area contributed by atoms with Crippen molar-refractivity contribution < 1.29 is 4.74 Å². The SMILES string of the molecule is CNc1c2c(nc3cc(OC)c(Cl)cc13)CCCC2. The first-order chi connectivity index (χ1) is 9.24. The highest BCUT2D eigenvalue weighted by molar-refractivity contribution is 6.33. The van der Waals surface area contributed by atoms with Gasteiger partial charge in [0, 0.05) is 29.9 Å². The fraction of sp³-hybridized carbons (Fsp3) is 0.400. The average Bonchev–Trinajstić information content (AvgIpc) is 2.44. The van der Waals surface area contributed by atoms with Gasteiger partial charge in [0.25, 0.3) is 0 Å². The Balaban J connectivity index is 2.33. The molecule has 0 spiro atoms. The van der Waals surface area contributed by atoms with E-state index in [1.165, 1.54) is 29.8 Å². The molecule has 0 fully saturated rings. The van der Waals surface area contributed by atoms with Crippen LogP contribution in [0.4, 0.5) is 5.69 Å². The zero-order chi connectivity index (χ0) is 13.4. The van der Waals surface area contributed by atoms with Gasteiger partial charge in [-0.1, -0.05) is 11.6 Å². The van der Waals surface area contributed by atoms with Gasteiger partial charge in [0.1, 0.15) is 5.75 Å². The minimum atomic E-state index is 0.629. The zero-order valence-corrected chi connectivity index (χ0v) is 12.0. The molecule has 0 saturated heterocycles. The summed E-state index contributed by atoms with van der Waals surface area (Å²) in [6.07, 6.45) is 4.61. The van der Waals surface area contributed by atoms with Crippen LogP contribution in [0.25, 0.3) is 10.9 Å². The van der Waals surface area contributed by atoms with Crippen molar-refractivity contribution in [2.75, 3.05) is 19.5 Å². The maximum absolute atomic E-state index is 6.23. The van der Waals surface area contributed by atoms with Gasteiger partial charge in [-0.05, 0) is 37.3 Å². The van der Waals surface area contributed by atoms with Crippen LogP contribution in [0.1, 0.15) is 24.1 Å². The number of halogens is 1. The Morgan fingerprint density at radius 3 is 2.79 bits per heavy atom. The first-order valence-corrected chi connectivity index (χ1v) is 6.99. The van der Waals surface area contributed by atoms with Crippen LogP contribution in [0.5, 0.6) is 5.75 Å². The predicted octanol–water partition coefficient (Wildman–Crippen LogP) is 3.82. The molecule has 19 heavy (non-hydrogen) atoms. The summed E-state index contributed by atoms with van der Waals surface area (Å²) in [7, 11) is 3.59. The van der Waals surface area contributed by atoms with Crippen LogP contribution < -0.4 is 10.1 Å². The van der Waals surface area contributed by atoms with Gasteiger partial charge in [0.2, 0.25) is 0 Å². The summed E-state index contributed by atoms with van der Waals surface area (Å²) in [5, 5.41) is 5.03. The van der Waals surface area contributed by atoms with Crippen LogP contribution in [0.2, 0.25) is 5.02 Å². The number of aromatic nitrogens is 1. The van der Waals surface area contributed by atoms with E-state index in [1.807, 2.05) is 19.2 Å². The third kappa shape index (κ3) is 2.02. The summed E-state index contributed by atoms with van der Waals surface area (Å²) in [5.41, 5.74) is 4.69. The lowest BCUT2D eigenvalue weighted by molar-refractivity contribution is 0.415. The second kappa shape index (κ2) is 4.89. The van der Waals surface area contributed by atoms with Gasteiger partial charge in [-0.3, -0.25) is 4.98 Å². The van der Waals surface area contributed by atoms with Gasteiger partial charge in [-0.2, -0.15) is 0 Å². The van der Waals surface area contributed by atoms with Gasteiger partial charge in [0.05, 0.1) is 17.6 Å². The van der Waals surface area contributed by atoms with Gasteiger partial charge in [0.15, 0.2) is 0 Å². The van der Waals surface area contributed by atoms with E-state index in [4.69, 9.17) is 21.3 Å². The monoisotopic (exact) mass is 276 g/mol. The van der Waals surface area contributed by atoms with E-state index in [9.17, 15) is 0 Å². The van der Waals surface area contributed by atoms with Crippen LogP contribution in [0.3, 0.4) is 0 Å². The molecule has 3 nitrogen and oxygen atoms in total. The number of hydrogen-bond acceptors (Lipinski definition) is 3. The highest BCUT2D eigenvalue weighted by Gasteiger charge is 2.18. The molecule has 1 heterocycles. The van der Waals surface area contributed by atoms with E-state index in [0.717, 1.165) is 23.7 Å². The second-order valence-corrected chi connectivity index (χ2v) is 5.28. The van der Waals surface area contributed by atoms with Crippen molar-refractivity contribution in [1.29, 1.82) is 0 Å². The molecule has 4 heteroatoms. The van der Waals surface area contributed by atoms with Crippen LogP contribution >= 0.6 is 11.6 Å². The average molecular weight is 277 g/mol. The Kier molecular flexibility index (Phi) is 3.23. The lowest BCUT2D eigenvalue weighted by Crippen LogP contribution is -2.09. The summed E-state index contributed by atoms with van der Waals surface area (Å²) < 4.78 is 5.28. The smallest absolute Gasteiger partial charge is 0.139 e. The molecule has 1 aromatic heterocycles. The summed E-state index contributed by atoms with van der Waals surface area (Å²) in [5.74, 6) is 0.680. The number of anilines is 1. The number of ether oxygens (including phenoxy) is 1. The first kappa shape index (κ1) is 12.5. The van der Waals surface area contributed by atoms with Crippen molar-refractivity contribution in [3.8, 4) is 5.75 Å². The lowest BCUT2D eigenvalue weighted by atomic mass is 9.92. The molecule has 1 N–H and O–H groups in total. The zero-order valence-electron chi connectivity index (χ0n) is 11.2. The maximum atomic E-state index is 6.23. The number of pyridine rings is 1.